The summed E-state index contributed by atoms with van der Waals surface area (Å²) in [6, 6.07) is 6.11. The third kappa shape index (κ3) is 15.0. The minimum atomic E-state index is -2.89. The number of allylic oxidation sites excluding steroid dienone is 4. The van der Waals surface area contributed by atoms with Crippen LogP contribution in [0.1, 0.15) is 240 Å². The summed E-state index contributed by atoms with van der Waals surface area (Å²) < 4.78 is 42.1. The molecule has 7 aliphatic rings. The van der Waals surface area contributed by atoms with Crippen LogP contribution < -0.4 is 10.1 Å². The van der Waals surface area contributed by atoms with Crippen molar-refractivity contribution in [2.24, 2.45) is 63.1 Å². The predicted octanol–water partition coefficient (Wildman–Crippen LogP) is 15.6. The number of esters is 2. The Morgan fingerprint density at radius 2 is 1.48 bits per heavy atom. The van der Waals surface area contributed by atoms with Crippen molar-refractivity contribution >= 4 is 21.8 Å². The summed E-state index contributed by atoms with van der Waals surface area (Å²) in [6.45, 7) is 25.1. The van der Waals surface area contributed by atoms with Crippen LogP contribution in [0.4, 0.5) is 0 Å². The van der Waals surface area contributed by atoms with Crippen molar-refractivity contribution in [2.45, 2.75) is 247 Å². The lowest BCUT2D eigenvalue weighted by molar-refractivity contribution is -0.221. The van der Waals surface area contributed by atoms with Crippen LogP contribution >= 0.6 is 0 Å². The van der Waals surface area contributed by atoms with Gasteiger partial charge in [0.2, 0.25) is 12.7 Å². The van der Waals surface area contributed by atoms with Crippen molar-refractivity contribution in [1.82, 2.24) is 15.2 Å². The molecule has 458 valence electrons. The Labute approximate surface area is 497 Å². The molecule has 1 aromatic heterocycles. The molecule has 4 saturated carbocycles. The molecular weight excluding hydrogens is 1040 g/mol. The molecule has 1 N–H and O–H groups in total. The highest BCUT2D eigenvalue weighted by Gasteiger charge is 2.68. The molecule has 0 amide bonds. The minimum Gasteiger partial charge on any atom is -0.472 e. The van der Waals surface area contributed by atoms with E-state index in [1.807, 2.05) is 0 Å². The van der Waals surface area contributed by atoms with Gasteiger partial charge in [0.1, 0.15) is 17.7 Å². The maximum atomic E-state index is 14.2. The summed E-state index contributed by atoms with van der Waals surface area (Å²) in [6.07, 6.45) is 39.0. The number of aromatic nitrogens is 1. The smallest absolute Gasteiger partial charge is 0.315 e. The van der Waals surface area contributed by atoms with Gasteiger partial charge in [-0.15, -0.1) is 0 Å². The lowest BCUT2D eigenvalue weighted by Crippen LogP contribution is -2.65. The van der Waals surface area contributed by atoms with E-state index < -0.39 is 34.6 Å². The summed E-state index contributed by atoms with van der Waals surface area (Å²) in [5.41, 5.74) is 4.86. The highest BCUT2D eigenvalue weighted by atomic mass is 32.2. The Kier molecular flexibility index (Phi) is 23.0. The van der Waals surface area contributed by atoms with Gasteiger partial charge >= 0.3 is 11.9 Å². The quantitative estimate of drug-likeness (QED) is 0.0388. The molecule has 5 fully saturated rings. The normalized spacial score (nSPS) is 33.3. The second kappa shape index (κ2) is 29.2. The molecule has 82 heavy (non-hydrogen) atoms. The van der Waals surface area contributed by atoms with Gasteiger partial charge in [-0.3, -0.25) is 9.59 Å². The number of hydrogen-bond donors (Lipinski definition) is 1. The SMILES string of the molecule is C=C(C)[C@@H]1CCCC(NCCN2CCS(=O)(=O)CC2)[C@H]2CC[C@]3(C)[C@H](CC[C@@H]4[C@@]5(C)CC=C(C6=CCC(Oc7ncccc7C#N)C(C(=O)OCOC(=O)CCCCCCCCCCCCCCCCC)CC6)C(C)(C)[C@@H]5CC[C@]43C)[C@H]21. The molecule has 6 aliphatic carbocycles. The number of ether oxygens (including phenoxy) is 3. The summed E-state index contributed by atoms with van der Waals surface area (Å²) >= 11 is 0. The number of fused-ring (bicyclic) bond motifs is 7. The first kappa shape index (κ1) is 64.5. The number of sulfone groups is 1. The molecule has 3 unspecified atom stereocenters. The van der Waals surface area contributed by atoms with Crippen LogP contribution in [0.5, 0.6) is 5.88 Å². The highest BCUT2D eigenvalue weighted by molar-refractivity contribution is 7.91. The molecule has 0 aromatic carbocycles. The largest absolute Gasteiger partial charge is 0.472 e. The lowest BCUT2D eigenvalue weighted by atomic mass is 9.33. The van der Waals surface area contributed by atoms with Crippen LogP contribution in [0.3, 0.4) is 0 Å². The number of pyridine rings is 1. The number of nitrogens with zero attached hydrogens (tertiary/aromatic N) is 3. The summed E-state index contributed by atoms with van der Waals surface area (Å²) in [5.74, 6) is 2.89. The molecule has 1 saturated heterocycles. The lowest BCUT2D eigenvalue weighted by Gasteiger charge is -2.72. The highest BCUT2D eigenvalue weighted by Crippen LogP contribution is 2.76. The molecule has 2 heterocycles. The van der Waals surface area contributed by atoms with E-state index in [1.54, 1.807) is 18.3 Å². The molecule has 0 radical (unpaired) electrons. The summed E-state index contributed by atoms with van der Waals surface area (Å²) in [4.78, 5) is 33.8. The van der Waals surface area contributed by atoms with E-state index in [-0.39, 0.29) is 45.0 Å². The van der Waals surface area contributed by atoms with E-state index in [0.717, 1.165) is 38.8 Å². The van der Waals surface area contributed by atoms with Crippen molar-refractivity contribution < 1.29 is 32.2 Å². The third-order valence-electron chi connectivity index (χ3n) is 23.4. The van der Waals surface area contributed by atoms with Crippen LogP contribution in [-0.2, 0) is 28.9 Å². The van der Waals surface area contributed by atoms with Crippen molar-refractivity contribution in [1.29, 1.82) is 5.26 Å². The van der Waals surface area contributed by atoms with Crippen molar-refractivity contribution in [2.75, 3.05) is 44.5 Å². The number of nitriles is 1. The first-order valence-electron chi connectivity index (χ1n) is 33.4. The second-order valence-electron chi connectivity index (χ2n) is 28.5. The van der Waals surface area contributed by atoms with Gasteiger partial charge in [0, 0.05) is 51.3 Å². The van der Waals surface area contributed by atoms with Crippen LogP contribution in [0.15, 0.2) is 53.8 Å². The van der Waals surface area contributed by atoms with E-state index in [2.05, 4.69) is 81.9 Å². The van der Waals surface area contributed by atoms with Crippen LogP contribution in [0.25, 0.3) is 0 Å². The molecule has 11 nitrogen and oxygen atoms in total. The predicted molar refractivity (Wildman–Crippen MR) is 330 cm³/mol. The molecule has 8 rings (SSSR count). The third-order valence-corrected chi connectivity index (χ3v) is 25.0. The van der Waals surface area contributed by atoms with Gasteiger partial charge in [0.25, 0.3) is 0 Å². The number of hydrogen-bond acceptors (Lipinski definition) is 11. The number of nitrogens with one attached hydrogen (secondary N) is 1. The summed E-state index contributed by atoms with van der Waals surface area (Å²) in [5, 5.41) is 14.1. The van der Waals surface area contributed by atoms with E-state index in [0.29, 0.717) is 85.9 Å². The first-order chi connectivity index (χ1) is 39.4. The molecule has 1 aliphatic heterocycles. The van der Waals surface area contributed by atoms with E-state index >= 15 is 0 Å². The standard InChI is InChI=1S/C70H110N4O7S/c1-9-10-11-12-13-14-15-16-17-18-19-20-21-22-23-29-63(75)79-50-80-66(76)56-32-30-52(31-34-60(56)81-65-53(49-71)26-25-42-73-65)57-37-39-68(6)61(67(57,4)5)38-41-70(8)62(68)35-33-58-64-54(51(2)3)27-24-28-59(55(64)36-40-69(58,70)7)72-43-44-74-45-47-82(77,78)48-46-74/h25-26,31,37,42,54-56,58-62,64,72H,2,9-24,27-30,32-36,38-41,43-48,50H2,1,3-8H3/t54-,55+,56?,58+,59?,60?,61-,62+,64-,68-,69+,70+/m0/s1. The van der Waals surface area contributed by atoms with Gasteiger partial charge < -0.3 is 24.4 Å². The number of carbonyl (C=O) groups is 2. The Hall–Kier alpha value is -3.53. The van der Waals surface area contributed by atoms with Gasteiger partial charge in [-0.1, -0.05) is 162 Å². The topological polar surface area (TPSA) is 148 Å². The fraction of sp³-hybridized carbons (Fsp3) is 0.800. The maximum Gasteiger partial charge on any atom is 0.315 e. The molecule has 12 atom stereocenters. The molecule has 1 aromatic rings. The van der Waals surface area contributed by atoms with E-state index in [4.69, 9.17) is 20.8 Å². The fourth-order valence-electron chi connectivity index (χ4n) is 18.7. The zero-order valence-electron chi connectivity index (χ0n) is 52.4. The number of unbranched alkanes of at least 4 members (excludes halogenated alkanes) is 14. The molecule has 0 spiro atoms. The van der Waals surface area contributed by atoms with Gasteiger partial charge in [-0.2, -0.15) is 5.26 Å². The second-order valence-corrected chi connectivity index (χ2v) is 30.8. The van der Waals surface area contributed by atoms with Gasteiger partial charge in [-0.25, -0.2) is 13.4 Å². The average Bonchev–Trinajstić information content (AvgIpc) is 0.836. The maximum absolute atomic E-state index is 14.2. The van der Waals surface area contributed by atoms with Crippen LogP contribution in [0, 0.1) is 74.4 Å². The zero-order chi connectivity index (χ0) is 58.5. The van der Waals surface area contributed by atoms with Gasteiger partial charge in [0.05, 0.1) is 17.4 Å². The molecule has 12 heteroatoms. The zero-order valence-corrected chi connectivity index (χ0v) is 53.2. The first-order valence-corrected chi connectivity index (χ1v) is 35.2. The van der Waals surface area contributed by atoms with Crippen molar-refractivity contribution in [3.05, 3.63) is 59.3 Å². The Bertz CT molecular complexity index is 2500. The Morgan fingerprint density at radius 3 is 2.15 bits per heavy atom. The summed E-state index contributed by atoms with van der Waals surface area (Å²) in [7, 11) is -2.89. The van der Waals surface area contributed by atoms with Crippen LogP contribution in [0.2, 0.25) is 0 Å². The van der Waals surface area contributed by atoms with E-state index in [1.165, 1.54) is 152 Å². The van der Waals surface area contributed by atoms with Gasteiger partial charge in [-0.05, 0) is 164 Å². The Morgan fingerprint density at radius 1 is 0.805 bits per heavy atom. The number of rotatable bonds is 27. The molecular formula is C70H110N4O7S. The molecule has 0 bridgehead atoms. The minimum absolute atomic E-state index is 0.101. The van der Waals surface area contributed by atoms with Crippen molar-refractivity contribution in [3.63, 3.8) is 0 Å². The fourth-order valence-corrected chi connectivity index (χ4v) is 20.0. The van der Waals surface area contributed by atoms with Crippen molar-refractivity contribution in [3.8, 4) is 11.9 Å². The van der Waals surface area contributed by atoms with Crippen LogP contribution in [-0.4, -0.2) is 86.9 Å². The number of carbonyl (C=O) groups excluding carboxylic acids is 2. The van der Waals surface area contributed by atoms with E-state index in [9.17, 15) is 23.3 Å². The van der Waals surface area contributed by atoms with Gasteiger partial charge in [0.15, 0.2) is 9.84 Å². The average molecular weight is 1150 g/mol. The Balaban J connectivity index is 0.878. The monoisotopic (exact) mass is 1150 g/mol.